The van der Waals surface area contributed by atoms with E-state index in [0.717, 1.165) is 6.42 Å². The summed E-state index contributed by atoms with van der Waals surface area (Å²) in [6, 6.07) is 5.19. The number of aromatic nitrogens is 1. The number of pyridine rings is 1. The van der Waals surface area contributed by atoms with Crippen LogP contribution in [0.3, 0.4) is 0 Å². The molecule has 0 radical (unpaired) electrons. The molecule has 1 aromatic rings. The first-order chi connectivity index (χ1) is 10.0. The van der Waals surface area contributed by atoms with Gasteiger partial charge in [-0.25, -0.2) is 13.4 Å². The Bertz CT molecular complexity index is 625. The van der Waals surface area contributed by atoms with E-state index in [9.17, 15) is 8.42 Å². The van der Waals surface area contributed by atoms with Crippen LogP contribution in [-0.2, 0) is 10.0 Å². The molecule has 0 saturated carbocycles. The Morgan fingerprint density at radius 3 is 3.10 bits per heavy atom. The number of nitrogens with zero attached hydrogens (tertiary/aromatic N) is 3. The number of nitriles is 1. The third-order valence-electron chi connectivity index (χ3n) is 3.41. The molecule has 0 bridgehead atoms. The van der Waals surface area contributed by atoms with Crippen LogP contribution in [0.15, 0.2) is 18.3 Å². The number of unbranched alkanes of at least 4 members (excludes halogenated alkanes) is 1. The summed E-state index contributed by atoms with van der Waals surface area (Å²) in [6.07, 6.45) is 3.49. The molecule has 0 N–H and O–H groups in total. The first kappa shape index (κ1) is 15.7. The Labute approximate surface area is 125 Å². The molecule has 0 amide bonds. The van der Waals surface area contributed by atoms with Gasteiger partial charge in [0.2, 0.25) is 15.9 Å². The largest absolute Gasteiger partial charge is 0.473 e. The summed E-state index contributed by atoms with van der Waals surface area (Å²) in [4.78, 5) is 4.05. The van der Waals surface area contributed by atoms with Crippen molar-refractivity contribution in [3.05, 3.63) is 23.9 Å². The van der Waals surface area contributed by atoms with E-state index in [2.05, 4.69) is 4.98 Å². The molecule has 1 unspecified atom stereocenters. The first-order valence-corrected chi connectivity index (χ1v) is 8.66. The number of hydrogen-bond donors (Lipinski definition) is 0. The van der Waals surface area contributed by atoms with Gasteiger partial charge in [0, 0.05) is 18.8 Å². The summed E-state index contributed by atoms with van der Waals surface area (Å²) in [5, 5.41) is 8.83. The van der Waals surface area contributed by atoms with Crippen molar-refractivity contribution in [3.63, 3.8) is 0 Å². The summed E-state index contributed by atoms with van der Waals surface area (Å²) in [6.45, 7) is 2.80. The highest BCUT2D eigenvalue weighted by Crippen LogP contribution is 2.20. The van der Waals surface area contributed by atoms with Gasteiger partial charge in [0.25, 0.3) is 0 Å². The second-order valence-corrected chi connectivity index (χ2v) is 7.14. The predicted octanol–water partition coefficient (Wildman–Crippen LogP) is 1.54. The zero-order valence-electron chi connectivity index (χ0n) is 12.0. The predicted molar refractivity (Wildman–Crippen MR) is 78.3 cm³/mol. The van der Waals surface area contributed by atoms with Crippen LogP contribution in [0.1, 0.15) is 31.7 Å². The molecule has 21 heavy (non-hydrogen) atoms. The topological polar surface area (TPSA) is 83.3 Å². The smallest absolute Gasteiger partial charge is 0.214 e. The van der Waals surface area contributed by atoms with E-state index in [4.69, 9.17) is 10.00 Å². The Morgan fingerprint density at radius 2 is 2.38 bits per heavy atom. The summed E-state index contributed by atoms with van der Waals surface area (Å²) in [5.41, 5.74) is 0.477. The third-order valence-corrected chi connectivity index (χ3v) is 5.33. The maximum atomic E-state index is 12.1. The highest BCUT2D eigenvalue weighted by Gasteiger charge is 2.32. The molecule has 1 aliphatic rings. The average Bonchev–Trinajstić information content (AvgIpc) is 2.95. The van der Waals surface area contributed by atoms with Crippen molar-refractivity contribution in [1.82, 2.24) is 9.29 Å². The van der Waals surface area contributed by atoms with E-state index >= 15 is 0 Å². The van der Waals surface area contributed by atoms with Gasteiger partial charge in [-0.1, -0.05) is 13.3 Å². The van der Waals surface area contributed by atoms with Crippen molar-refractivity contribution in [3.8, 4) is 11.9 Å². The molecule has 2 rings (SSSR count). The fourth-order valence-electron chi connectivity index (χ4n) is 2.22. The van der Waals surface area contributed by atoms with Crippen LogP contribution in [-0.4, -0.2) is 42.7 Å². The summed E-state index contributed by atoms with van der Waals surface area (Å²) in [7, 11) is -3.18. The molecule has 6 nitrogen and oxygen atoms in total. The Hall–Kier alpha value is -1.65. The van der Waals surface area contributed by atoms with Gasteiger partial charge in [-0.05, 0) is 18.9 Å². The van der Waals surface area contributed by atoms with E-state index in [1.165, 1.54) is 10.5 Å². The second-order valence-electron chi connectivity index (χ2n) is 5.05. The van der Waals surface area contributed by atoms with E-state index in [1.807, 2.05) is 13.0 Å². The quantitative estimate of drug-likeness (QED) is 0.796. The SMILES string of the molecule is CCCCS(=O)(=O)N1CCC(Oc2cc(C#N)ccn2)C1. The van der Waals surface area contributed by atoms with E-state index in [-0.39, 0.29) is 11.9 Å². The molecule has 0 spiro atoms. The Kier molecular flexibility index (Phi) is 5.15. The van der Waals surface area contributed by atoms with Crippen molar-refractivity contribution in [1.29, 1.82) is 5.26 Å². The number of hydrogen-bond acceptors (Lipinski definition) is 5. The second kappa shape index (κ2) is 6.87. The van der Waals surface area contributed by atoms with Crippen LogP contribution in [0.25, 0.3) is 0 Å². The molecule has 1 fully saturated rings. The summed E-state index contributed by atoms with van der Waals surface area (Å²) < 4.78 is 31.4. The average molecular weight is 309 g/mol. The molecule has 2 heterocycles. The summed E-state index contributed by atoms with van der Waals surface area (Å²) >= 11 is 0. The highest BCUT2D eigenvalue weighted by molar-refractivity contribution is 7.89. The zero-order valence-corrected chi connectivity index (χ0v) is 12.8. The maximum absolute atomic E-state index is 12.1. The van der Waals surface area contributed by atoms with E-state index in [1.54, 1.807) is 12.1 Å². The van der Waals surface area contributed by atoms with Crippen molar-refractivity contribution >= 4 is 10.0 Å². The zero-order chi connectivity index (χ0) is 15.3. The fraction of sp³-hybridized carbons (Fsp3) is 0.571. The van der Waals surface area contributed by atoms with Gasteiger partial charge >= 0.3 is 0 Å². The molecule has 7 heteroatoms. The minimum absolute atomic E-state index is 0.193. The van der Waals surface area contributed by atoms with Crippen LogP contribution in [0.5, 0.6) is 5.88 Å². The van der Waals surface area contributed by atoms with Gasteiger partial charge in [-0.3, -0.25) is 0 Å². The molecule has 1 aromatic heterocycles. The monoisotopic (exact) mass is 309 g/mol. The number of rotatable bonds is 6. The van der Waals surface area contributed by atoms with Crippen molar-refractivity contribution in [2.24, 2.45) is 0 Å². The molecule has 114 valence electrons. The highest BCUT2D eigenvalue weighted by atomic mass is 32.2. The lowest BCUT2D eigenvalue weighted by Crippen LogP contribution is -2.32. The van der Waals surface area contributed by atoms with Gasteiger partial charge in [0.05, 0.1) is 23.9 Å². The van der Waals surface area contributed by atoms with Gasteiger partial charge in [0.1, 0.15) is 6.10 Å². The van der Waals surface area contributed by atoms with Gasteiger partial charge < -0.3 is 4.74 Å². The molecule has 1 aliphatic heterocycles. The molecule has 1 atom stereocenters. The lowest BCUT2D eigenvalue weighted by atomic mass is 10.3. The van der Waals surface area contributed by atoms with Crippen LogP contribution in [0.2, 0.25) is 0 Å². The van der Waals surface area contributed by atoms with Crippen LogP contribution in [0, 0.1) is 11.3 Å². The lowest BCUT2D eigenvalue weighted by molar-refractivity contribution is 0.207. The first-order valence-electron chi connectivity index (χ1n) is 7.06. The van der Waals surface area contributed by atoms with E-state index < -0.39 is 10.0 Å². The standard InChI is InChI=1S/C14H19N3O3S/c1-2-3-8-21(18,19)17-7-5-13(11-17)20-14-9-12(10-15)4-6-16-14/h4,6,9,13H,2-3,5,7-8,11H2,1H3. The van der Waals surface area contributed by atoms with Crippen LogP contribution >= 0.6 is 0 Å². The minimum atomic E-state index is -3.18. The van der Waals surface area contributed by atoms with Crippen molar-refractivity contribution < 1.29 is 13.2 Å². The third kappa shape index (κ3) is 4.16. The fourth-order valence-corrected chi connectivity index (χ4v) is 3.91. The van der Waals surface area contributed by atoms with Crippen molar-refractivity contribution in [2.75, 3.05) is 18.8 Å². The van der Waals surface area contributed by atoms with Gasteiger partial charge in [-0.15, -0.1) is 0 Å². The lowest BCUT2D eigenvalue weighted by Gasteiger charge is -2.16. The Balaban J connectivity index is 1.95. The minimum Gasteiger partial charge on any atom is -0.473 e. The molecule has 1 saturated heterocycles. The van der Waals surface area contributed by atoms with Gasteiger partial charge in [-0.2, -0.15) is 9.57 Å². The van der Waals surface area contributed by atoms with Crippen LogP contribution < -0.4 is 4.74 Å². The molecular formula is C14H19N3O3S. The van der Waals surface area contributed by atoms with Crippen molar-refractivity contribution in [2.45, 2.75) is 32.3 Å². The normalized spacial score (nSPS) is 19.3. The molecule has 0 aliphatic carbocycles. The number of sulfonamides is 1. The number of ether oxygens (including phenoxy) is 1. The van der Waals surface area contributed by atoms with Crippen LogP contribution in [0.4, 0.5) is 0 Å². The molecule has 0 aromatic carbocycles. The maximum Gasteiger partial charge on any atom is 0.214 e. The van der Waals surface area contributed by atoms with Gasteiger partial charge in [0.15, 0.2) is 0 Å². The Morgan fingerprint density at radius 1 is 1.57 bits per heavy atom. The summed E-state index contributed by atoms with van der Waals surface area (Å²) in [5.74, 6) is 0.560. The van der Waals surface area contributed by atoms with E-state index in [0.29, 0.717) is 37.4 Å². The molecular weight excluding hydrogens is 290 g/mol.